The maximum absolute atomic E-state index is 13.1. The van der Waals surface area contributed by atoms with Gasteiger partial charge in [-0.3, -0.25) is 14.5 Å². The number of anilines is 1. The molecule has 7 heteroatoms. The summed E-state index contributed by atoms with van der Waals surface area (Å²) in [7, 11) is 0. The Hall–Kier alpha value is -3.87. The van der Waals surface area contributed by atoms with Crippen LogP contribution in [0.3, 0.4) is 0 Å². The minimum Gasteiger partial charge on any atom is -0.507 e. The molecule has 0 bridgehead atoms. The van der Waals surface area contributed by atoms with E-state index in [0.29, 0.717) is 35.2 Å². The smallest absolute Gasteiger partial charge is 0.301 e. The van der Waals surface area contributed by atoms with Crippen molar-refractivity contribution in [2.75, 3.05) is 11.5 Å². The number of Topliss-reactive ketones (excluding diaryl/α,β-unsaturated/α-hetero) is 1. The number of hydrogen-bond donors (Lipinski definition) is 1. The Morgan fingerprint density at radius 3 is 2.33 bits per heavy atom. The normalized spacial score (nSPS) is 17.7. The molecule has 0 saturated carbocycles. The lowest BCUT2D eigenvalue weighted by molar-refractivity contribution is -0.132. The summed E-state index contributed by atoms with van der Waals surface area (Å²) in [6.07, 6.45) is 0. The zero-order valence-electron chi connectivity index (χ0n) is 19.0. The van der Waals surface area contributed by atoms with Gasteiger partial charge in [-0.25, -0.2) is 0 Å². The van der Waals surface area contributed by atoms with Gasteiger partial charge < -0.3 is 14.4 Å². The van der Waals surface area contributed by atoms with Crippen molar-refractivity contribution in [3.63, 3.8) is 0 Å². The minimum atomic E-state index is -0.845. The maximum atomic E-state index is 13.1. The van der Waals surface area contributed by atoms with Gasteiger partial charge in [0.15, 0.2) is 5.82 Å². The van der Waals surface area contributed by atoms with E-state index in [4.69, 9.17) is 9.26 Å². The monoisotopic (exact) mass is 446 g/mol. The summed E-state index contributed by atoms with van der Waals surface area (Å²) in [4.78, 5) is 27.5. The summed E-state index contributed by atoms with van der Waals surface area (Å²) in [6.45, 7) is 8.28. The lowest BCUT2D eigenvalue weighted by Crippen LogP contribution is -2.29. The summed E-state index contributed by atoms with van der Waals surface area (Å²) >= 11 is 0. The molecule has 1 unspecified atom stereocenters. The van der Waals surface area contributed by atoms with Crippen LogP contribution in [-0.4, -0.2) is 28.6 Å². The number of aliphatic hydroxyl groups is 1. The number of hydrogen-bond acceptors (Lipinski definition) is 6. The summed E-state index contributed by atoms with van der Waals surface area (Å²) in [6, 6.07) is 15.2. The Labute approximate surface area is 192 Å². The van der Waals surface area contributed by atoms with Crippen molar-refractivity contribution in [3.8, 4) is 5.75 Å². The number of amides is 1. The number of aromatic nitrogens is 1. The largest absolute Gasteiger partial charge is 0.507 e. The van der Waals surface area contributed by atoms with Crippen LogP contribution in [-0.2, 0) is 9.59 Å². The topological polar surface area (TPSA) is 92.9 Å². The molecule has 1 N–H and O–H groups in total. The molecule has 1 aliphatic heterocycles. The summed E-state index contributed by atoms with van der Waals surface area (Å²) < 4.78 is 10.6. The molecule has 1 atom stereocenters. The molecule has 1 amide bonds. The van der Waals surface area contributed by atoms with Gasteiger partial charge in [-0.2, -0.15) is 0 Å². The first-order valence-corrected chi connectivity index (χ1v) is 10.9. The van der Waals surface area contributed by atoms with Gasteiger partial charge in [-0.05, 0) is 55.2 Å². The van der Waals surface area contributed by atoms with E-state index in [2.05, 4.69) is 19.0 Å². The molecule has 1 aromatic heterocycles. The molecule has 1 saturated heterocycles. The van der Waals surface area contributed by atoms with Crippen LogP contribution < -0.4 is 9.64 Å². The van der Waals surface area contributed by atoms with E-state index >= 15 is 0 Å². The molecule has 0 radical (unpaired) electrons. The van der Waals surface area contributed by atoms with Gasteiger partial charge in [0.2, 0.25) is 0 Å². The molecule has 0 spiro atoms. The van der Waals surface area contributed by atoms with Crippen molar-refractivity contribution in [1.82, 2.24) is 5.16 Å². The molecule has 170 valence electrons. The van der Waals surface area contributed by atoms with Gasteiger partial charge in [0.25, 0.3) is 5.78 Å². The second-order valence-electron chi connectivity index (χ2n) is 8.24. The van der Waals surface area contributed by atoms with Gasteiger partial charge in [-0.15, -0.1) is 0 Å². The van der Waals surface area contributed by atoms with Crippen molar-refractivity contribution in [1.29, 1.82) is 0 Å². The van der Waals surface area contributed by atoms with E-state index < -0.39 is 17.7 Å². The highest BCUT2D eigenvalue weighted by Gasteiger charge is 2.48. The lowest BCUT2D eigenvalue weighted by atomic mass is 9.93. The zero-order chi connectivity index (χ0) is 23.7. The van der Waals surface area contributed by atoms with Crippen molar-refractivity contribution in [3.05, 3.63) is 82.6 Å². The average Bonchev–Trinajstić information content (AvgIpc) is 3.34. The van der Waals surface area contributed by atoms with E-state index in [1.807, 2.05) is 31.2 Å². The first kappa shape index (κ1) is 22.3. The number of aliphatic hydroxyl groups excluding tert-OH is 1. The number of carbonyl (C=O) groups excluding carboxylic acids is 2. The highest BCUT2D eigenvalue weighted by atomic mass is 16.5. The molecule has 4 rings (SSSR count). The van der Waals surface area contributed by atoms with Gasteiger partial charge >= 0.3 is 5.91 Å². The molecule has 1 fully saturated rings. The fraction of sp³-hybridized carbons (Fsp3) is 0.269. The Morgan fingerprint density at radius 1 is 1.12 bits per heavy atom. The fourth-order valence-corrected chi connectivity index (χ4v) is 3.95. The minimum absolute atomic E-state index is 0.00195. The number of carbonyl (C=O) groups is 2. The third-order valence-corrected chi connectivity index (χ3v) is 5.66. The zero-order valence-corrected chi connectivity index (χ0v) is 19.0. The number of rotatable bonds is 6. The maximum Gasteiger partial charge on any atom is 0.301 e. The second kappa shape index (κ2) is 8.94. The molecule has 33 heavy (non-hydrogen) atoms. The van der Waals surface area contributed by atoms with Crippen LogP contribution in [0.1, 0.15) is 55.2 Å². The van der Waals surface area contributed by atoms with Crippen LogP contribution in [0.25, 0.3) is 5.76 Å². The molecule has 1 aliphatic rings. The van der Waals surface area contributed by atoms with Crippen LogP contribution in [0, 0.1) is 6.92 Å². The predicted molar refractivity (Wildman–Crippen MR) is 124 cm³/mol. The Bertz CT molecular complexity index is 1210. The fourth-order valence-electron chi connectivity index (χ4n) is 3.95. The standard InChI is InChI=1S/C26H26N2O5/c1-5-32-20-12-10-19(11-13-20)24(29)22-23(18-8-6-17(7-9-18)15(2)3)28(26(31)25(22)30)21-14-16(4)33-27-21/h6-15,23,29H,5H2,1-4H3. The molecule has 3 aromatic rings. The highest BCUT2D eigenvalue weighted by Crippen LogP contribution is 2.42. The van der Waals surface area contributed by atoms with E-state index in [1.165, 1.54) is 4.90 Å². The second-order valence-corrected chi connectivity index (χ2v) is 8.24. The Balaban J connectivity index is 1.86. The molecule has 7 nitrogen and oxygen atoms in total. The Morgan fingerprint density at radius 2 is 1.79 bits per heavy atom. The van der Waals surface area contributed by atoms with Crippen molar-refractivity contribution >= 4 is 23.3 Å². The van der Waals surface area contributed by atoms with E-state index in [9.17, 15) is 14.7 Å². The summed E-state index contributed by atoms with van der Waals surface area (Å²) in [5.41, 5.74) is 2.23. The SMILES string of the molecule is CCOc1ccc(C(O)=C2C(=O)C(=O)N(c3cc(C)on3)C2c2ccc(C(C)C)cc2)cc1. The van der Waals surface area contributed by atoms with Crippen molar-refractivity contribution in [2.45, 2.75) is 39.7 Å². The highest BCUT2D eigenvalue weighted by molar-refractivity contribution is 6.51. The van der Waals surface area contributed by atoms with Crippen LogP contribution in [0.4, 0.5) is 5.82 Å². The number of ketones is 1. The van der Waals surface area contributed by atoms with Gasteiger partial charge in [0.1, 0.15) is 17.3 Å². The number of nitrogens with zero attached hydrogens (tertiary/aromatic N) is 2. The van der Waals surface area contributed by atoms with Crippen molar-refractivity contribution in [2.24, 2.45) is 0 Å². The molecule has 0 aliphatic carbocycles. The molecular formula is C26H26N2O5. The van der Waals surface area contributed by atoms with Gasteiger partial charge in [0, 0.05) is 11.6 Å². The van der Waals surface area contributed by atoms with Crippen LogP contribution in [0.2, 0.25) is 0 Å². The number of benzene rings is 2. The summed E-state index contributed by atoms with van der Waals surface area (Å²) in [5.74, 6) is -0.0998. The van der Waals surface area contributed by atoms with Gasteiger partial charge in [-0.1, -0.05) is 43.3 Å². The summed E-state index contributed by atoms with van der Waals surface area (Å²) in [5, 5.41) is 15.1. The Kier molecular flexibility index (Phi) is 6.05. The van der Waals surface area contributed by atoms with E-state index in [0.717, 1.165) is 5.56 Å². The van der Waals surface area contributed by atoms with Crippen molar-refractivity contribution < 1.29 is 24.0 Å². The average molecular weight is 447 g/mol. The third kappa shape index (κ3) is 4.14. The number of ether oxygens (including phenoxy) is 1. The van der Waals surface area contributed by atoms with E-state index in [-0.39, 0.29) is 17.2 Å². The molecule has 2 heterocycles. The lowest BCUT2D eigenvalue weighted by Gasteiger charge is -2.23. The van der Waals surface area contributed by atoms with Crippen LogP contribution in [0.15, 0.2) is 64.7 Å². The molecular weight excluding hydrogens is 420 g/mol. The van der Waals surface area contributed by atoms with Gasteiger partial charge in [0.05, 0.1) is 18.2 Å². The number of aryl methyl sites for hydroxylation is 1. The van der Waals surface area contributed by atoms with Crippen LogP contribution >= 0.6 is 0 Å². The van der Waals surface area contributed by atoms with E-state index in [1.54, 1.807) is 37.3 Å². The first-order chi connectivity index (χ1) is 15.8. The third-order valence-electron chi connectivity index (χ3n) is 5.66. The quantitative estimate of drug-likeness (QED) is 0.320. The molecule has 2 aromatic carbocycles. The first-order valence-electron chi connectivity index (χ1n) is 10.9. The predicted octanol–water partition coefficient (Wildman–Crippen LogP) is 5.13. The van der Waals surface area contributed by atoms with Crippen LogP contribution in [0.5, 0.6) is 5.75 Å².